The topological polar surface area (TPSA) is 415 Å². The summed E-state index contributed by atoms with van der Waals surface area (Å²) in [5.74, 6) is -1.55. The van der Waals surface area contributed by atoms with Gasteiger partial charge in [-0.2, -0.15) is 0 Å². The Labute approximate surface area is 559 Å². The van der Waals surface area contributed by atoms with E-state index in [9.17, 15) is 81.1 Å². The molecule has 0 saturated carbocycles. The third kappa shape index (κ3) is 29.3. The van der Waals surface area contributed by atoms with Crippen LogP contribution in [0.3, 0.4) is 0 Å². The zero-order valence-electron chi connectivity index (χ0n) is 57.1. The third-order valence-corrected chi connectivity index (χ3v) is 19.1. The van der Waals surface area contributed by atoms with Crippen molar-refractivity contribution in [2.24, 2.45) is 0 Å². The van der Waals surface area contributed by atoms with Crippen molar-refractivity contribution in [3.05, 3.63) is 0 Å². The van der Waals surface area contributed by atoms with Gasteiger partial charge in [0, 0.05) is 6.92 Å². The maximum atomic E-state index is 13.7. The summed E-state index contributed by atoms with van der Waals surface area (Å²) in [6, 6.07) is -2.93. The Morgan fingerprint density at radius 1 is 0.426 bits per heavy atom. The van der Waals surface area contributed by atoms with Crippen LogP contribution in [0.4, 0.5) is 0 Å². The molecular weight excluding hydrogens is 1230 g/mol. The lowest BCUT2D eigenvalue weighted by molar-refractivity contribution is -0.373. The zero-order valence-corrected chi connectivity index (χ0v) is 57.1. The lowest BCUT2D eigenvalue weighted by atomic mass is 9.95. The van der Waals surface area contributed by atoms with Crippen LogP contribution in [0.15, 0.2) is 0 Å². The number of hydrogen-bond donors (Lipinski definition) is 16. The van der Waals surface area contributed by atoms with Gasteiger partial charge < -0.3 is 120 Å². The molecule has 24 atom stereocenters. The summed E-state index contributed by atoms with van der Waals surface area (Å²) in [5.41, 5.74) is 0. The molecule has 0 aromatic heterocycles. The van der Waals surface area contributed by atoms with E-state index in [0.717, 1.165) is 64.7 Å². The molecule has 2 amide bonds. The van der Waals surface area contributed by atoms with Crippen LogP contribution in [0.25, 0.3) is 0 Å². The molecule has 0 unspecified atom stereocenters. The highest BCUT2D eigenvalue weighted by atomic mass is 16.8. The first-order valence-electron chi connectivity index (χ1n) is 36.3. The van der Waals surface area contributed by atoms with Crippen molar-refractivity contribution >= 4 is 11.8 Å². The van der Waals surface area contributed by atoms with Crippen molar-refractivity contribution in [1.82, 2.24) is 10.6 Å². The third-order valence-electron chi connectivity index (χ3n) is 19.1. The number of rotatable bonds is 51. The van der Waals surface area contributed by atoms with Gasteiger partial charge in [0.15, 0.2) is 25.2 Å². The minimum Gasteiger partial charge on any atom is -0.394 e. The molecule has 26 heteroatoms. The lowest BCUT2D eigenvalue weighted by Crippen LogP contribution is -2.68. The van der Waals surface area contributed by atoms with Crippen LogP contribution in [0.1, 0.15) is 246 Å². The van der Waals surface area contributed by atoms with Crippen LogP contribution < -0.4 is 10.6 Å². The maximum Gasteiger partial charge on any atom is 0.249 e. The molecule has 0 aliphatic carbocycles. The van der Waals surface area contributed by atoms with E-state index < -0.39 is 185 Å². The van der Waals surface area contributed by atoms with Crippen molar-refractivity contribution in [1.29, 1.82) is 0 Å². The van der Waals surface area contributed by atoms with Crippen LogP contribution in [0.2, 0.25) is 0 Å². The van der Waals surface area contributed by atoms with Crippen LogP contribution in [-0.4, -0.2) is 257 Å². The molecule has 0 radical (unpaired) electrons. The molecule has 0 spiro atoms. The molecule has 554 valence electrons. The molecule has 4 aliphatic rings. The van der Waals surface area contributed by atoms with E-state index in [1.54, 1.807) is 0 Å². The summed E-state index contributed by atoms with van der Waals surface area (Å²) in [6.07, 6.45) is -0.394. The second-order valence-electron chi connectivity index (χ2n) is 27.1. The lowest BCUT2D eigenvalue weighted by Gasteiger charge is -2.48. The van der Waals surface area contributed by atoms with E-state index in [4.69, 9.17) is 37.9 Å². The van der Waals surface area contributed by atoms with Gasteiger partial charge in [0.1, 0.15) is 104 Å². The number of carbonyl (C=O) groups is 2. The quantitative estimate of drug-likeness (QED) is 0.0388. The Bertz CT molecular complexity index is 1940. The molecule has 0 aromatic rings. The van der Waals surface area contributed by atoms with Gasteiger partial charge in [0.25, 0.3) is 0 Å². The van der Waals surface area contributed by atoms with Gasteiger partial charge in [-0.25, -0.2) is 0 Å². The number of unbranched alkanes of at least 4 members (excludes halogenated alkanes) is 30. The van der Waals surface area contributed by atoms with E-state index in [0.29, 0.717) is 12.8 Å². The van der Waals surface area contributed by atoms with Crippen molar-refractivity contribution < 1.29 is 119 Å². The maximum absolute atomic E-state index is 13.7. The SMILES string of the molecule is CCCCCCCCCCCCCCCCCCCCCCC[C@@H](O)C(=O)N[C@@H](CO[C@H]1O[C@H](CO)[C@H](O)[C@H](O)[C@H]1O[C@H]1O[C@H](CO[C@@H]2O[C@H](CO)[C@H](O)[C@H](O[C@@H]3O[C@@H](C)[C@H](O)[C@@H](O)[C@H]3O)[C@H]2NC(C)=O)[C@H](O)[C@H](O)[C@H]1O)[C@H](O)[C@H](O)CCCCCCCCCCCCC. The van der Waals surface area contributed by atoms with Gasteiger partial charge in [-0.3, -0.25) is 9.59 Å². The molecule has 4 heterocycles. The fourth-order valence-electron chi connectivity index (χ4n) is 12.9. The van der Waals surface area contributed by atoms with Crippen LogP contribution in [0, 0.1) is 0 Å². The zero-order chi connectivity index (χ0) is 69.0. The summed E-state index contributed by atoms with van der Waals surface area (Å²) >= 11 is 0. The highest BCUT2D eigenvalue weighted by Gasteiger charge is 2.54. The van der Waals surface area contributed by atoms with Crippen LogP contribution in [0.5, 0.6) is 0 Å². The van der Waals surface area contributed by atoms with Crippen LogP contribution in [-0.2, 0) is 47.5 Å². The van der Waals surface area contributed by atoms with Crippen LogP contribution >= 0.6 is 0 Å². The van der Waals surface area contributed by atoms with Gasteiger partial charge in [0.2, 0.25) is 11.8 Å². The fraction of sp³-hybridized carbons (Fsp3) is 0.971. The summed E-state index contributed by atoms with van der Waals surface area (Å²) in [4.78, 5) is 26.3. The highest BCUT2D eigenvalue weighted by molar-refractivity contribution is 5.80. The second-order valence-corrected chi connectivity index (χ2v) is 27.1. The number of nitrogens with one attached hydrogen (secondary N) is 2. The molecule has 0 bridgehead atoms. The summed E-state index contributed by atoms with van der Waals surface area (Å²) in [6.45, 7) is 3.78. The fourth-order valence-corrected chi connectivity index (χ4v) is 12.9. The van der Waals surface area contributed by atoms with Crippen molar-refractivity contribution in [2.75, 3.05) is 26.4 Å². The molecule has 4 aliphatic heterocycles. The molecular formula is C68H128N2O24. The Morgan fingerprint density at radius 2 is 0.819 bits per heavy atom. The Balaban J connectivity index is 1.37. The van der Waals surface area contributed by atoms with Gasteiger partial charge >= 0.3 is 0 Å². The van der Waals surface area contributed by atoms with Crippen molar-refractivity contribution in [3.63, 3.8) is 0 Å². The number of aliphatic hydroxyl groups is 14. The van der Waals surface area contributed by atoms with Gasteiger partial charge in [-0.05, 0) is 19.8 Å². The molecule has 0 aromatic carbocycles. The van der Waals surface area contributed by atoms with Crippen molar-refractivity contribution in [3.8, 4) is 0 Å². The average molecular weight is 1360 g/mol. The first-order valence-corrected chi connectivity index (χ1v) is 36.3. The molecule has 4 saturated heterocycles. The Morgan fingerprint density at radius 3 is 1.29 bits per heavy atom. The molecule has 94 heavy (non-hydrogen) atoms. The summed E-state index contributed by atoms with van der Waals surface area (Å²) in [7, 11) is 0. The van der Waals surface area contributed by atoms with Gasteiger partial charge in [0.05, 0.1) is 44.7 Å². The highest BCUT2D eigenvalue weighted by Crippen LogP contribution is 2.34. The minimum absolute atomic E-state index is 0.124. The Hall–Kier alpha value is -1.94. The first kappa shape index (κ1) is 84.5. The first-order chi connectivity index (χ1) is 45.2. The van der Waals surface area contributed by atoms with E-state index in [2.05, 4.69) is 24.5 Å². The summed E-state index contributed by atoms with van der Waals surface area (Å²) in [5, 5.41) is 159. The number of carbonyl (C=O) groups excluding carboxylic acids is 2. The van der Waals surface area contributed by atoms with E-state index in [1.807, 2.05) is 0 Å². The monoisotopic (exact) mass is 1360 g/mol. The van der Waals surface area contributed by atoms with Gasteiger partial charge in [-0.15, -0.1) is 0 Å². The van der Waals surface area contributed by atoms with E-state index in [1.165, 1.54) is 142 Å². The Kier molecular flexibility index (Phi) is 43.1. The largest absolute Gasteiger partial charge is 0.394 e. The second kappa shape index (κ2) is 48.0. The molecule has 4 fully saturated rings. The molecule has 26 nitrogen and oxygen atoms in total. The predicted octanol–water partition coefficient (Wildman–Crippen LogP) is 3.32. The molecule has 16 N–H and O–H groups in total. The number of hydrogen-bond acceptors (Lipinski definition) is 24. The average Bonchev–Trinajstić information content (AvgIpc) is 0.790. The van der Waals surface area contributed by atoms with E-state index in [-0.39, 0.29) is 12.8 Å². The standard InChI is InChI=1S/C68H128N2O24/c1-5-7-9-11-13-15-17-18-19-20-21-22-23-24-25-26-28-30-32-34-36-38-47(75)64(86)70-45(53(77)46(74)37-35-33-31-29-27-16-14-12-10-8-6-2)41-87-68-63(59(83)54(78)48(39-71)91-68)94-67-61(85)58(82)55(79)50(92-67)42-88-65-51(69-44(4)73)62(56(80)49(40-72)90-65)93-66-60(84)57(81)52(76)43(3)89-66/h43,45-63,65-68,71-72,74-85H,5-42H2,1-4H3,(H,69,73)(H,70,86)/t43-,45-,46+,47+,48+,49+,50+,51+,52-,53-,54-,55-,56-,57+,58-,59-,60+,61+,62+,63+,65+,66-,67+,68-/m0/s1. The summed E-state index contributed by atoms with van der Waals surface area (Å²) < 4.78 is 47.1. The van der Waals surface area contributed by atoms with Gasteiger partial charge in [-0.1, -0.05) is 219 Å². The number of aliphatic hydroxyl groups excluding tert-OH is 14. The van der Waals surface area contributed by atoms with Crippen molar-refractivity contribution in [2.45, 2.75) is 393 Å². The molecule has 4 rings (SSSR count). The normalized spacial score (nSPS) is 32.8. The smallest absolute Gasteiger partial charge is 0.249 e. The number of amides is 2. The minimum atomic E-state index is -2.10. The predicted molar refractivity (Wildman–Crippen MR) is 346 cm³/mol. The number of ether oxygens (including phenoxy) is 8. The van der Waals surface area contributed by atoms with E-state index >= 15 is 0 Å².